The number of rotatable bonds is 2. The quantitative estimate of drug-likeness (QED) is 0.781. The Kier molecular flexibility index (Phi) is 3.72. The summed E-state index contributed by atoms with van der Waals surface area (Å²) in [6.07, 6.45) is 2.37. The van der Waals surface area contributed by atoms with Gasteiger partial charge in [-0.3, -0.25) is 0 Å². The average molecular weight is 296 g/mol. The van der Waals surface area contributed by atoms with Crippen LogP contribution in [0.25, 0.3) is 11.2 Å². The fourth-order valence-electron chi connectivity index (χ4n) is 2.67. The van der Waals surface area contributed by atoms with Gasteiger partial charge in [-0.25, -0.2) is 9.97 Å². The van der Waals surface area contributed by atoms with E-state index in [-0.39, 0.29) is 5.38 Å². The van der Waals surface area contributed by atoms with E-state index in [9.17, 15) is 0 Å². The molecule has 1 aliphatic rings. The Morgan fingerprint density at radius 3 is 2.74 bits per heavy atom. The molecule has 1 aliphatic heterocycles. The van der Waals surface area contributed by atoms with Gasteiger partial charge in [0, 0.05) is 11.7 Å². The van der Waals surface area contributed by atoms with E-state index in [1.165, 1.54) is 24.3 Å². The minimum absolute atomic E-state index is 0.0796. The molecule has 1 atom stereocenters. The Hall–Kier alpha value is -0.740. The van der Waals surface area contributed by atoms with Crippen molar-refractivity contribution in [1.29, 1.82) is 0 Å². The van der Waals surface area contributed by atoms with Gasteiger partial charge in [0.25, 0.3) is 0 Å². The molecule has 0 bridgehead atoms. The third-order valence-electron chi connectivity index (χ3n) is 3.62. The Bertz CT molecular complexity index is 588. The third-order valence-corrected chi connectivity index (χ3v) is 4.86. The van der Waals surface area contributed by atoms with Crippen LogP contribution < -0.4 is 0 Å². The molecule has 3 heterocycles. The Balaban J connectivity index is 2.17. The van der Waals surface area contributed by atoms with Crippen LogP contribution in [0.3, 0.4) is 0 Å². The van der Waals surface area contributed by atoms with Crippen molar-refractivity contribution in [3.63, 3.8) is 0 Å². The van der Waals surface area contributed by atoms with Gasteiger partial charge in [0.05, 0.1) is 5.38 Å². The Morgan fingerprint density at radius 2 is 2.05 bits per heavy atom. The minimum Gasteiger partial charge on any atom is -0.308 e. The molecule has 1 unspecified atom stereocenters. The first-order chi connectivity index (χ1) is 9.16. The predicted octanol–water partition coefficient (Wildman–Crippen LogP) is 4.11. The first-order valence-electron chi connectivity index (χ1n) is 6.74. The van der Waals surface area contributed by atoms with Gasteiger partial charge in [0.15, 0.2) is 5.65 Å². The average Bonchev–Trinajstić information content (AvgIpc) is 2.78. The smallest absolute Gasteiger partial charge is 0.160 e. The van der Waals surface area contributed by atoms with Crippen LogP contribution >= 0.6 is 23.4 Å². The first kappa shape index (κ1) is 13.3. The number of halogens is 1. The van der Waals surface area contributed by atoms with Gasteiger partial charge in [-0.2, -0.15) is 11.8 Å². The maximum absolute atomic E-state index is 6.32. The minimum atomic E-state index is -0.0796. The van der Waals surface area contributed by atoms with Crippen molar-refractivity contribution in [3.05, 3.63) is 23.7 Å². The van der Waals surface area contributed by atoms with Crippen molar-refractivity contribution in [2.24, 2.45) is 0 Å². The van der Waals surface area contributed by atoms with Gasteiger partial charge in [-0.05, 0) is 50.3 Å². The standard InChI is InChI=1S/C14H18ClN3S/c1-9-3-4-12-14(16-9)18(13(17-12)10(2)15)11-5-7-19-8-6-11/h3-4,10-11H,5-8H2,1-2H3. The van der Waals surface area contributed by atoms with E-state index >= 15 is 0 Å². The highest BCUT2D eigenvalue weighted by molar-refractivity contribution is 7.99. The zero-order chi connectivity index (χ0) is 13.4. The van der Waals surface area contributed by atoms with Crippen LogP contribution in [0.2, 0.25) is 0 Å². The summed E-state index contributed by atoms with van der Waals surface area (Å²) in [7, 11) is 0. The van der Waals surface area contributed by atoms with Crippen molar-refractivity contribution < 1.29 is 0 Å². The van der Waals surface area contributed by atoms with E-state index in [0.29, 0.717) is 6.04 Å². The zero-order valence-electron chi connectivity index (χ0n) is 11.3. The molecule has 0 amide bonds. The van der Waals surface area contributed by atoms with Crippen LogP contribution in [0.15, 0.2) is 12.1 Å². The summed E-state index contributed by atoms with van der Waals surface area (Å²) in [5, 5.41) is -0.0796. The number of hydrogen-bond donors (Lipinski definition) is 0. The molecule has 2 aromatic rings. The molecule has 1 saturated heterocycles. The second-order valence-electron chi connectivity index (χ2n) is 5.09. The lowest BCUT2D eigenvalue weighted by Gasteiger charge is -2.25. The van der Waals surface area contributed by atoms with Crippen LogP contribution in [0.5, 0.6) is 0 Å². The molecule has 5 heteroatoms. The molecule has 3 rings (SSSR count). The van der Waals surface area contributed by atoms with Gasteiger partial charge in [-0.15, -0.1) is 11.6 Å². The van der Waals surface area contributed by atoms with Crippen molar-refractivity contribution in [3.8, 4) is 0 Å². The van der Waals surface area contributed by atoms with E-state index in [1.807, 2.05) is 31.7 Å². The predicted molar refractivity (Wildman–Crippen MR) is 82.1 cm³/mol. The van der Waals surface area contributed by atoms with Crippen molar-refractivity contribution >= 4 is 34.5 Å². The van der Waals surface area contributed by atoms with Crippen molar-refractivity contribution in [2.75, 3.05) is 11.5 Å². The van der Waals surface area contributed by atoms with E-state index in [1.54, 1.807) is 0 Å². The molecule has 102 valence electrons. The topological polar surface area (TPSA) is 30.7 Å². The summed E-state index contributed by atoms with van der Waals surface area (Å²) in [5.41, 5.74) is 3.00. The second kappa shape index (κ2) is 5.33. The Labute approximate surface area is 122 Å². The van der Waals surface area contributed by atoms with Gasteiger partial charge in [0.1, 0.15) is 11.3 Å². The van der Waals surface area contributed by atoms with Gasteiger partial charge >= 0.3 is 0 Å². The Morgan fingerprint density at radius 1 is 1.32 bits per heavy atom. The molecule has 0 aliphatic carbocycles. The molecule has 0 N–H and O–H groups in total. The van der Waals surface area contributed by atoms with Gasteiger partial charge in [0.2, 0.25) is 0 Å². The number of nitrogens with zero attached hydrogens (tertiary/aromatic N) is 3. The largest absolute Gasteiger partial charge is 0.308 e. The fraction of sp³-hybridized carbons (Fsp3) is 0.571. The number of alkyl halides is 1. The number of aryl methyl sites for hydroxylation is 1. The summed E-state index contributed by atoms with van der Waals surface area (Å²) in [5.74, 6) is 3.39. The molecule has 2 aromatic heterocycles. The van der Waals surface area contributed by atoms with Crippen molar-refractivity contribution in [2.45, 2.75) is 38.1 Å². The lowest BCUT2D eigenvalue weighted by atomic mass is 10.1. The maximum Gasteiger partial charge on any atom is 0.160 e. The van der Waals surface area contributed by atoms with E-state index in [0.717, 1.165) is 22.7 Å². The molecule has 19 heavy (non-hydrogen) atoms. The lowest BCUT2D eigenvalue weighted by Crippen LogP contribution is -2.18. The zero-order valence-corrected chi connectivity index (χ0v) is 12.8. The molecule has 0 aromatic carbocycles. The normalized spacial score (nSPS) is 18.9. The molecular formula is C14H18ClN3S. The second-order valence-corrected chi connectivity index (χ2v) is 6.97. The van der Waals surface area contributed by atoms with Crippen molar-refractivity contribution in [1.82, 2.24) is 14.5 Å². The number of imidazole rings is 1. The molecule has 1 fully saturated rings. The number of thioether (sulfide) groups is 1. The summed E-state index contributed by atoms with van der Waals surface area (Å²) in [6.45, 7) is 4.01. The van der Waals surface area contributed by atoms with Crippen LogP contribution in [0, 0.1) is 6.92 Å². The highest BCUT2D eigenvalue weighted by Gasteiger charge is 2.24. The van der Waals surface area contributed by atoms with Gasteiger partial charge in [-0.1, -0.05) is 0 Å². The highest BCUT2D eigenvalue weighted by Crippen LogP contribution is 2.34. The van der Waals surface area contributed by atoms with E-state index in [2.05, 4.69) is 15.6 Å². The third kappa shape index (κ3) is 2.48. The summed E-state index contributed by atoms with van der Waals surface area (Å²) >= 11 is 8.35. The summed E-state index contributed by atoms with van der Waals surface area (Å²) < 4.78 is 2.29. The molecule has 0 radical (unpaired) electrons. The number of hydrogen-bond acceptors (Lipinski definition) is 3. The summed E-state index contributed by atoms with van der Waals surface area (Å²) in [6, 6.07) is 4.56. The molecule has 0 saturated carbocycles. The van der Waals surface area contributed by atoms with Crippen LogP contribution in [-0.2, 0) is 0 Å². The first-order valence-corrected chi connectivity index (χ1v) is 8.33. The number of fused-ring (bicyclic) bond motifs is 1. The maximum atomic E-state index is 6.32. The fourth-order valence-corrected chi connectivity index (χ4v) is 3.91. The lowest BCUT2D eigenvalue weighted by molar-refractivity contribution is 0.462. The SMILES string of the molecule is Cc1ccc2nc(C(C)Cl)n(C3CCSCC3)c2n1. The van der Waals surface area contributed by atoms with Crippen LogP contribution in [0.4, 0.5) is 0 Å². The van der Waals surface area contributed by atoms with E-state index in [4.69, 9.17) is 16.6 Å². The summed E-state index contributed by atoms with van der Waals surface area (Å²) in [4.78, 5) is 9.38. The van der Waals surface area contributed by atoms with E-state index < -0.39 is 0 Å². The molecule has 0 spiro atoms. The van der Waals surface area contributed by atoms with Gasteiger partial charge < -0.3 is 4.57 Å². The monoisotopic (exact) mass is 295 g/mol. The number of aromatic nitrogens is 3. The molecular weight excluding hydrogens is 278 g/mol. The number of pyridine rings is 1. The molecule has 3 nitrogen and oxygen atoms in total. The van der Waals surface area contributed by atoms with Crippen LogP contribution in [-0.4, -0.2) is 26.0 Å². The highest BCUT2D eigenvalue weighted by atomic mass is 35.5. The van der Waals surface area contributed by atoms with Crippen LogP contribution in [0.1, 0.15) is 42.7 Å².